The minimum atomic E-state index is 0.0271. The van der Waals surface area contributed by atoms with E-state index in [1.807, 2.05) is 78.0 Å². The van der Waals surface area contributed by atoms with E-state index in [0.29, 0.717) is 8.83 Å². The quantitative estimate of drug-likeness (QED) is 0.261. The molecule has 2 aromatic carbocycles. The fraction of sp³-hybridized carbons (Fsp3) is 0.167. The molecular formula is C18H19IN4OS. The van der Waals surface area contributed by atoms with Gasteiger partial charge in [-0.2, -0.15) is 5.10 Å². The van der Waals surface area contributed by atoms with Crippen LogP contribution in [0.25, 0.3) is 0 Å². The highest BCUT2D eigenvalue weighted by Gasteiger charge is 2.07. The van der Waals surface area contributed by atoms with Crippen molar-refractivity contribution in [2.45, 2.75) is 13.0 Å². The summed E-state index contributed by atoms with van der Waals surface area (Å²) in [5.41, 5.74) is 5.70. The van der Waals surface area contributed by atoms with Gasteiger partial charge in [0.25, 0.3) is 0 Å². The largest absolute Gasteiger partial charge is 0.497 e. The van der Waals surface area contributed by atoms with Gasteiger partial charge in [0.05, 0.1) is 23.1 Å². The topological polar surface area (TPSA) is 69.5 Å². The van der Waals surface area contributed by atoms with Gasteiger partial charge in [-0.25, -0.2) is 0 Å². The lowest BCUT2D eigenvalue weighted by atomic mass is 10.1. The van der Waals surface area contributed by atoms with Crippen molar-refractivity contribution in [1.29, 1.82) is 5.41 Å². The first-order valence-corrected chi connectivity index (χ1v) is 9.06. The standard InChI is InChI=1S/C18H19IN4OS/c1-12(15-4-3-5-16(10-15)24-2)22-18(25)23-21-11-13-6-8-14(9-7-13)17(19)20/h3-12,20H,1-2H3,(H2,22,23,25)/b20-17?,21-11+. The highest BCUT2D eigenvalue weighted by atomic mass is 127. The number of halogens is 1. The Kier molecular flexibility index (Phi) is 7.32. The molecule has 7 heteroatoms. The van der Waals surface area contributed by atoms with E-state index in [9.17, 15) is 0 Å². The molecule has 0 radical (unpaired) electrons. The molecule has 0 aliphatic heterocycles. The van der Waals surface area contributed by atoms with Crippen LogP contribution < -0.4 is 15.5 Å². The number of thiocarbonyl (C=S) groups is 1. The zero-order valence-corrected chi connectivity index (χ0v) is 16.9. The van der Waals surface area contributed by atoms with Crippen LogP contribution in [0.1, 0.15) is 29.7 Å². The second kappa shape index (κ2) is 9.47. The summed E-state index contributed by atoms with van der Waals surface area (Å²) in [7, 11) is 1.65. The minimum Gasteiger partial charge on any atom is -0.497 e. The van der Waals surface area contributed by atoms with Crippen molar-refractivity contribution >= 4 is 49.9 Å². The number of hydrazone groups is 1. The van der Waals surface area contributed by atoms with Crippen LogP contribution in [0.5, 0.6) is 5.75 Å². The molecule has 0 amide bonds. The van der Waals surface area contributed by atoms with E-state index in [1.54, 1.807) is 13.3 Å². The Balaban J connectivity index is 1.88. The highest BCUT2D eigenvalue weighted by Crippen LogP contribution is 2.18. The molecule has 0 aliphatic carbocycles. The second-order valence-corrected chi connectivity index (χ2v) is 6.76. The Bertz CT molecular complexity index is 777. The lowest BCUT2D eigenvalue weighted by molar-refractivity contribution is 0.413. The summed E-state index contributed by atoms with van der Waals surface area (Å²) in [6.45, 7) is 2.02. The summed E-state index contributed by atoms with van der Waals surface area (Å²) in [5, 5.41) is 15.3. The molecule has 2 rings (SSSR count). The maximum atomic E-state index is 7.57. The van der Waals surface area contributed by atoms with E-state index in [4.69, 9.17) is 22.4 Å². The fourth-order valence-corrected chi connectivity index (χ4v) is 2.69. The smallest absolute Gasteiger partial charge is 0.187 e. The van der Waals surface area contributed by atoms with Crippen LogP contribution in [0.3, 0.4) is 0 Å². The molecule has 130 valence electrons. The van der Waals surface area contributed by atoms with Crippen LogP contribution in [-0.4, -0.2) is 22.2 Å². The molecule has 0 aromatic heterocycles. The van der Waals surface area contributed by atoms with E-state index in [1.165, 1.54) is 0 Å². The lowest BCUT2D eigenvalue weighted by Gasteiger charge is -2.16. The van der Waals surface area contributed by atoms with Crippen LogP contribution >= 0.6 is 34.8 Å². The Hall–Kier alpha value is -2.00. The molecule has 0 saturated heterocycles. The molecule has 0 spiro atoms. The number of hydrogen-bond donors (Lipinski definition) is 3. The summed E-state index contributed by atoms with van der Waals surface area (Å²) >= 11 is 7.25. The molecule has 0 fully saturated rings. The molecule has 0 bridgehead atoms. The number of benzene rings is 2. The Morgan fingerprint density at radius 3 is 2.64 bits per heavy atom. The minimum absolute atomic E-state index is 0.0271. The van der Waals surface area contributed by atoms with Crippen LogP contribution in [-0.2, 0) is 0 Å². The summed E-state index contributed by atoms with van der Waals surface area (Å²) in [6, 6.07) is 15.4. The number of ether oxygens (including phenoxy) is 1. The lowest BCUT2D eigenvalue weighted by Crippen LogP contribution is -2.34. The molecule has 5 nitrogen and oxygen atoms in total. The van der Waals surface area contributed by atoms with Crippen molar-refractivity contribution in [3.63, 3.8) is 0 Å². The predicted molar refractivity (Wildman–Crippen MR) is 115 cm³/mol. The third-order valence-electron chi connectivity index (χ3n) is 3.49. The van der Waals surface area contributed by atoms with E-state index in [-0.39, 0.29) is 6.04 Å². The van der Waals surface area contributed by atoms with Gasteiger partial charge in [0.2, 0.25) is 0 Å². The van der Waals surface area contributed by atoms with Crippen LogP contribution in [0.15, 0.2) is 53.6 Å². The maximum Gasteiger partial charge on any atom is 0.187 e. The summed E-state index contributed by atoms with van der Waals surface area (Å²) in [5.74, 6) is 0.811. The van der Waals surface area contributed by atoms with Gasteiger partial charge in [-0.15, -0.1) is 0 Å². The zero-order chi connectivity index (χ0) is 18.2. The highest BCUT2D eigenvalue weighted by molar-refractivity contribution is 14.1. The number of rotatable bonds is 6. The number of hydrogen-bond acceptors (Lipinski definition) is 4. The Morgan fingerprint density at radius 2 is 2.00 bits per heavy atom. The maximum absolute atomic E-state index is 7.57. The van der Waals surface area contributed by atoms with Gasteiger partial charge in [0.1, 0.15) is 5.75 Å². The van der Waals surface area contributed by atoms with Crippen molar-refractivity contribution in [3.05, 3.63) is 65.2 Å². The van der Waals surface area contributed by atoms with Crippen molar-refractivity contribution in [2.75, 3.05) is 7.11 Å². The normalized spacial score (nSPS) is 11.8. The molecule has 0 heterocycles. The fourth-order valence-electron chi connectivity index (χ4n) is 2.10. The first-order valence-electron chi connectivity index (χ1n) is 7.57. The summed E-state index contributed by atoms with van der Waals surface area (Å²) in [6.07, 6.45) is 1.69. The number of nitrogens with one attached hydrogen (secondary N) is 3. The third-order valence-corrected chi connectivity index (χ3v) is 4.32. The number of nitrogens with zero attached hydrogens (tertiary/aromatic N) is 1. The molecule has 3 N–H and O–H groups in total. The molecule has 2 aromatic rings. The van der Waals surface area contributed by atoms with Crippen LogP contribution in [0.4, 0.5) is 0 Å². The molecule has 0 saturated carbocycles. The van der Waals surface area contributed by atoms with Crippen molar-refractivity contribution in [2.24, 2.45) is 5.10 Å². The van der Waals surface area contributed by atoms with Gasteiger partial charge >= 0.3 is 0 Å². The van der Waals surface area contributed by atoms with Crippen molar-refractivity contribution in [1.82, 2.24) is 10.7 Å². The average molecular weight is 466 g/mol. The first kappa shape index (κ1) is 19.3. The van der Waals surface area contributed by atoms with Crippen molar-refractivity contribution in [3.8, 4) is 5.75 Å². The van der Waals surface area contributed by atoms with E-state index in [0.717, 1.165) is 22.4 Å². The van der Waals surface area contributed by atoms with Crippen molar-refractivity contribution < 1.29 is 4.74 Å². The van der Waals surface area contributed by atoms with Gasteiger partial charge in [0.15, 0.2) is 5.11 Å². The predicted octanol–water partition coefficient (Wildman–Crippen LogP) is 4.01. The monoisotopic (exact) mass is 466 g/mol. The van der Waals surface area contributed by atoms with Crippen LogP contribution in [0.2, 0.25) is 0 Å². The SMILES string of the molecule is COc1cccc(C(C)NC(=S)N/N=C/c2ccc(C(=N)I)cc2)c1. The van der Waals surface area contributed by atoms with Gasteiger partial charge in [-0.3, -0.25) is 10.8 Å². The van der Waals surface area contributed by atoms with Gasteiger partial charge in [-0.1, -0.05) is 36.4 Å². The average Bonchev–Trinajstić information content (AvgIpc) is 2.62. The third kappa shape index (κ3) is 6.09. The van der Waals surface area contributed by atoms with E-state index in [2.05, 4.69) is 15.8 Å². The van der Waals surface area contributed by atoms with Gasteiger partial charge in [-0.05, 0) is 65.0 Å². The molecule has 25 heavy (non-hydrogen) atoms. The van der Waals surface area contributed by atoms with Gasteiger partial charge in [0, 0.05) is 5.56 Å². The summed E-state index contributed by atoms with van der Waals surface area (Å²) < 4.78 is 5.74. The van der Waals surface area contributed by atoms with E-state index >= 15 is 0 Å². The molecule has 1 unspecified atom stereocenters. The molecule has 1 atom stereocenters. The Labute approximate surface area is 166 Å². The molecular weight excluding hydrogens is 447 g/mol. The van der Waals surface area contributed by atoms with Gasteiger partial charge < -0.3 is 10.1 Å². The summed E-state index contributed by atoms with van der Waals surface area (Å²) in [4.78, 5) is 0. The first-order chi connectivity index (χ1) is 12.0. The molecule has 0 aliphatic rings. The van der Waals surface area contributed by atoms with E-state index < -0.39 is 0 Å². The Morgan fingerprint density at radius 1 is 1.28 bits per heavy atom. The number of methoxy groups -OCH3 is 1. The zero-order valence-electron chi connectivity index (χ0n) is 13.9. The van der Waals surface area contributed by atoms with Crippen LogP contribution in [0, 0.1) is 5.41 Å². The second-order valence-electron chi connectivity index (χ2n) is 5.28.